The van der Waals surface area contributed by atoms with Gasteiger partial charge in [0.15, 0.2) is 11.6 Å². The molecule has 0 fully saturated rings. The number of aromatic nitrogens is 2. The molecule has 0 aliphatic heterocycles. The summed E-state index contributed by atoms with van der Waals surface area (Å²) in [5.74, 6) is -2.96. The van der Waals surface area contributed by atoms with Crippen molar-refractivity contribution in [3.8, 4) is 5.69 Å². The molecule has 0 saturated carbocycles. The Hall–Kier alpha value is -1.92. The summed E-state index contributed by atoms with van der Waals surface area (Å²) in [6.07, 6.45) is -2.22. The molecule has 2 aromatic rings. The van der Waals surface area contributed by atoms with Crippen molar-refractivity contribution in [1.82, 2.24) is 9.55 Å². The zero-order valence-electron chi connectivity index (χ0n) is 13.7. The maximum atomic E-state index is 14.4. The third kappa shape index (κ3) is 3.76. The SMILES string of the molecule is CCc1cn(-c2c(F)cc(CC(C)C(F)(F)F)cc2F)c(CC)n1. The fourth-order valence-corrected chi connectivity index (χ4v) is 2.52. The van der Waals surface area contributed by atoms with E-state index in [4.69, 9.17) is 0 Å². The Bertz CT molecular complexity index is 695. The standard InChI is InChI=1S/C17H19F5N2/c1-4-12-9-24(15(5-2)23-12)16-13(18)7-11(8-14(16)19)6-10(3)17(20,21)22/h7-10H,4-6H2,1-3H3. The lowest BCUT2D eigenvalue weighted by atomic mass is 10.00. The molecule has 0 saturated heterocycles. The normalized spacial score (nSPS) is 13.3. The van der Waals surface area contributed by atoms with Crippen LogP contribution >= 0.6 is 0 Å². The smallest absolute Gasteiger partial charge is 0.298 e. The van der Waals surface area contributed by atoms with Crippen LogP contribution in [0.2, 0.25) is 0 Å². The second kappa shape index (κ2) is 6.91. The molecule has 0 bridgehead atoms. The third-order valence-electron chi connectivity index (χ3n) is 3.93. The van der Waals surface area contributed by atoms with Crippen LogP contribution in [0.4, 0.5) is 22.0 Å². The number of halogens is 5. The number of benzene rings is 1. The Labute approximate surface area is 137 Å². The molecule has 0 radical (unpaired) electrons. The minimum Gasteiger partial charge on any atom is -0.298 e. The predicted octanol–water partition coefficient (Wildman–Crippen LogP) is 5.02. The van der Waals surface area contributed by atoms with Crippen LogP contribution in [0.25, 0.3) is 5.69 Å². The monoisotopic (exact) mass is 346 g/mol. The highest BCUT2D eigenvalue weighted by Gasteiger charge is 2.36. The van der Waals surface area contributed by atoms with E-state index in [9.17, 15) is 22.0 Å². The Morgan fingerprint density at radius 3 is 2.12 bits per heavy atom. The van der Waals surface area contributed by atoms with Gasteiger partial charge in [-0.3, -0.25) is 4.57 Å². The molecule has 0 amide bonds. The van der Waals surface area contributed by atoms with Crippen molar-refractivity contribution in [1.29, 1.82) is 0 Å². The van der Waals surface area contributed by atoms with E-state index in [-0.39, 0.29) is 11.3 Å². The van der Waals surface area contributed by atoms with Gasteiger partial charge in [-0.25, -0.2) is 13.8 Å². The van der Waals surface area contributed by atoms with E-state index in [1.54, 1.807) is 6.20 Å². The average molecular weight is 346 g/mol. The van der Waals surface area contributed by atoms with Gasteiger partial charge < -0.3 is 0 Å². The van der Waals surface area contributed by atoms with Gasteiger partial charge in [0, 0.05) is 12.6 Å². The Balaban J connectivity index is 2.42. The van der Waals surface area contributed by atoms with Crippen LogP contribution in [0.15, 0.2) is 18.3 Å². The summed E-state index contributed by atoms with van der Waals surface area (Å²) in [4.78, 5) is 4.29. The average Bonchev–Trinajstić information content (AvgIpc) is 2.88. The molecule has 1 unspecified atom stereocenters. The first-order chi connectivity index (χ1) is 11.2. The maximum absolute atomic E-state index is 14.4. The molecule has 132 valence electrons. The van der Waals surface area contributed by atoms with E-state index in [2.05, 4.69) is 4.98 Å². The first kappa shape index (κ1) is 18.4. The maximum Gasteiger partial charge on any atom is 0.391 e. The van der Waals surface area contributed by atoms with E-state index in [0.29, 0.717) is 24.4 Å². The van der Waals surface area contributed by atoms with Gasteiger partial charge in [-0.05, 0) is 30.5 Å². The molecule has 1 aromatic carbocycles. The summed E-state index contributed by atoms with van der Waals surface area (Å²) >= 11 is 0. The summed E-state index contributed by atoms with van der Waals surface area (Å²) in [6.45, 7) is 4.68. The second-order valence-corrected chi connectivity index (χ2v) is 5.78. The molecule has 1 aromatic heterocycles. The van der Waals surface area contributed by atoms with Crippen molar-refractivity contribution in [2.45, 2.75) is 46.2 Å². The zero-order chi connectivity index (χ0) is 18.1. The van der Waals surface area contributed by atoms with Crippen LogP contribution in [-0.2, 0) is 19.3 Å². The van der Waals surface area contributed by atoms with Crippen LogP contribution in [-0.4, -0.2) is 15.7 Å². The number of rotatable bonds is 5. The highest BCUT2D eigenvalue weighted by Crippen LogP contribution is 2.30. The number of hydrogen-bond donors (Lipinski definition) is 0. The lowest BCUT2D eigenvalue weighted by Gasteiger charge is -2.16. The highest BCUT2D eigenvalue weighted by atomic mass is 19.4. The molecule has 0 N–H and O–H groups in total. The minimum atomic E-state index is -4.40. The first-order valence-corrected chi connectivity index (χ1v) is 7.79. The van der Waals surface area contributed by atoms with Crippen LogP contribution in [0, 0.1) is 17.6 Å². The number of alkyl halides is 3. The van der Waals surface area contributed by atoms with Gasteiger partial charge in [-0.15, -0.1) is 0 Å². The van der Waals surface area contributed by atoms with Gasteiger partial charge in [-0.1, -0.05) is 20.8 Å². The molecule has 24 heavy (non-hydrogen) atoms. The molecular formula is C17H19F5N2. The largest absolute Gasteiger partial charge is 0.391 e. The van der Waals surface area contributed by atoms with E-state index in [0.717, 1.165) is 19.1 Å². The van der Waals surface area contributed by atoms with Crippen molar-refractivity contribution in [3.05, 3.63) is 47.0 Å². The molecule has 0 aliphatic carbocycles. The summed E-state index contributed by atoms with van der Waals surface area (Å²) in [5, 5.41) is 0. The molecule has 1 atom stereocenters. The van der Waals surface area contributed by atoms with E-state index < -0.39 is 30.1 Å². The fourth-order valence-electron chi connectivity index (χ4n) is 2.52. The van der Waals surface area contributed by atoms with Crippen LogP contribution in [0.3, 0.4) is 0 Å². The quantitative estimate of drug-likeness (QED) is 0.696. The molecule has 7 heteroatoms. The number of hydrogen-bond acceptors (Lipinski definition) is 1. The van der Waals surface area contributed by atoms with Gasteiger partial charge in [0.2, 0.25) is 0 Å². The highest BCUT2D eigenvalue weighted by molar-refractivity contribution is 5.40. The van der Waals surface area contributed by atoms with Gasteiger partial charge in [0.25, 0.3) is 0 Å². The first-order valence-electron chi connectivity index (χ1n) is 7.79. The van der Waals surface area contributed by atoms with Crippen molar-refractivity contribution >= 4 is 0 Å². The van der Waals surface area contributed by atoms with Crippen molar-refractivity contribution in [3.63, 3.8) is 0 Å². The van der Waals surface area contributed by atoms with Crippen molar-refractivity contribution < 1.29 is 22.0 Å². The van der Waals surface area contributed by atoms with Crippen LogP contribution in [0.5, 0.6) is 0 Å². The second-order valence-electron chi connectivity index (χ2n) is 5.78. The van der Waals surface area contributed by atoms with Gasteiger partial charge in [0.05, 0.1) is 11.6 Å². The van der Waals surface area contributed by atoms with Crippen LogP contribution in [0.1, 0.15) is 37.9 Å². The minimum absolute atomic E-state index is 0.0209. The number of imidazole rings is 1. The zero-order valence-corrected chi connectivity index (χ0v) is 13.7. The molecule has 0 aliphatic rings. The van der Waals surface area contributed by atoms with E-state index in [1.807, 2.05) is 13.8 Å². The third-order valence-corrected chi connectivity index (χ3v) is 3.93. The predicted molar refractivity (Wildman–Crippen MR) is 81.2 cm³/mol. The van der Waals surface area contributed by atoms with E-state index in [1.165, 1.54) is 4.57 Å². The fraction of sp³-hybridized carbons (Fsp3) is 0.471. The van der Waals surface area contributed by atoms with E-state index >= 15 is 0 Å². The Kier molecular flexibility index (Phi) is 5.30. The van der Waals surface area contributed by atoms with Gasteiger partial charge >= 0.3 is 6.18 Å². The lowest BCUT2D eigenvalue weighted by molar-refractivity contribution is -0.169. The van der Waals surface area contributed by atoms with Crippen molar-refractivity contribution in [2.24, 2.45) is 5.92 Å². The summed E-state index contributed by atoms with van der Waals surface area (Å²) < 4.78 is 68.0. The number of nitrogens with zero attached hydrogens (tertiary/aromatic N) is 2. The molecular weight excluding hydrogens is 327 g/mol. The van der Waals surface area contributed by atoms with Crippen LogP contribution < -0.4 is 0 Å². The Morgan fingerprint density at radius 2 is 1.67 bits per heavy atom. The summed E-state index contributed by atoms with van der Waals surface area (Å²) in [7, 11) is 0. The molecule has 1 heterocycles. The topological polar surface area (TPSA) is 17.8 Å². The molecule has 2 rings (SSSR count). The lowest BCUT2D eigenvalue weighted by Crippen LogP contribution is -2.22. The molecule has 2 nitrogen and oxygen atoms in total. The van der Waals surface area contributed by atoms with Gasteiger partial charge in [-0.2, -0.15) is 13.2 Å². The number of aryl methyl sites for hydroxylation is 2. The summed E-state index contributed by atoms with van der Waals surface area (Å²) in [5.41, 5.74) is 0.371. The molecule has 0 spiro atoms. The Morgan fingerprint density at radius 1 is 1.08 bits per heavy atom. The summed E-state index contributed by atoms with van der Waals surface area (Å²) in [6, 6.07) is 1.93. The van der Waals surface area contributed by atoms with Crippen molar-refractivity contribution in [2.75, 3.05) is 0 Å². The van der Waals surface area contributed by atoms with Gasteiger partial charge in [0.1, 0.15) is 11.5 Å².